The van der Waals surface area contributed by atoms with Crippen molar-refractivity contribution >= 4 is 17.7 Å². The number of imidazole rings is 1. The molecule has 4 aromatic rings. The van der Waals surface area contributed by atoms with Gasteiger partial charge in [0.25, 0.3) is 0 Å². The first-order valence-corrected chi connectivity index (χ1v) is 11.0. The number of nitrogens with zero attached hydrogens (tertiary/aromatic N) is 5. The van der Waals surface area contributed by atoms with Crippen LogP contribution >= 0.6 is 11.8 Å². The number of rotatable bonds is 7. The van der Waals surface area contributed by atoms with Gasteiger partial charge < -0.3 is 5.32 Å². The molecule has 0 fully saturated rings. The fraction of sp³-hybridized carbons (Fsp3) is 0.217. The second kappa shape index (κ2) is 9.18. The van der Waals surface area contributed by atoms with E-state index in [0.29, 0.717) is 5.75 Å². The predicted molar refractivity (Wildman–Crippen MR) is 122 cm³/mol. The quantitative estimate of drug-likeness (QED) is 0.446. The highest BCUT2D eigenvalue weighted by atomic mass is 32.2. The highest BCUT2D eigenvalue weighted by Gasteiger charge is 2.13. The van der Waals surface area contributed by atoms with Crippen LogP contribution in [0.1, 0.15) is 29.7 Å². The van der Waals surface area contributed by atoms with Crippen LogP contribution in [0.5, 0.6) is 0 Å². The van der Waals surface area contributed by atoms with Crippen molar-refractivity contribution in [3.63, 3.8) is 0 Å². The molecule has 0 saturated heterocycles. The molecule has 0 unspecified atom stereocenters. The van der Waals surface area contributed by atoms with E-state index < -0.39 is 0 Å². The number of carbonyl (C=O) groups is 1. The molecule has 0 radical (unpaired) electrons. The molecule has 1 atom stereocenters. The molecule has 0 saturated carbocycles. The standard InChI is InChI=1S/C23H24N6OS/c1-16-4-5-17(2)21(12-16)28-11-10-25-23(28)31-13-22(30)27-18(3)19-6-8-20(9-7-19)29-15-24-14-26-29/h4-12,14-15,18H,13H2,1-3H3,(H,27,30)/t18-/m1/s1. The molecule has 0 aliphatic heterocycles. The number of carbonyl (C=O) groups excluding carboxylic acids is 1. The number of benzene rings is 2. The van der Waals surface area contributed by atoms with Gasteiger partial charge in [-0.2, -0.15) is 5.10 Å². The van der Waals surface area contributed by atoms with Crippen molar-refractivity contribution in [1.29, 1.82) is 0 Å². The van der Waals surface area contributed by atoms with Crippen LogP contribution in [0.2, 0.25) is 0 Å². The lowest BCUT2D eigenvalue weighted by atomic mass is 10.1. The van der Waals surface area contributed by atoms with Crippen LogP contribution in [0.15, 0.2) is 72.7 Å². The Morgan fingerprint density at radius 1 is 1.16 bits per heavy atom. The molecule has 0 spiro atoms. The van der Waals surface area contributed by atoms with Crippen LogP contribution in [0, 0.1) is 13.8 Å². The topological polar surface area (TPSA) is 77.6 Å². The molecule has 7 nitrogen and oxygen atoms in total. The summed E-state index contributed by atoms with van der Waals surface area (Å²) in [4.78, 5) is 20.9. The lowest BCUT2D eigenvalue weighted by Crippen LogP contribution is -2.28. The average molecular weight is 433 g/mol. The van der Waals surface area contributed by atoms with Gasteiger partial charge in [0.1, 0.15) is 12.7 Å². The maximum atomic E-state index is 12.6. The van der Waals surface area contributed by atoms with Gasteiger partial charge >= 0.3 is 0 Å². The third-order valence-electron chi connectivity index (χ3n) is 5.02. The number of hydrogen-bond donors (Lipinski definition) is 1. The largest absolute Gasteiger partial charge is 0.349 e. The molecular weight excluding hydrogens is 408 g/mol. The van der Waals surface area contributed by atoms with Crippen molar-refractivity contribution in [3.8, 4) is 11.4 Å². The Balaban J connectivity index is 1.37. The molecule has 0 aliphatic rings. The van der Waals surface area contributed by atoms with Crippen molar-refractivity contribution < 1.29 is 4.79 Å². The van der Waals surface area contributed by atoms with Crippen LogP contribution in [-0.4, -0.2) is 36.0 Å². The zero-order valence-electron chi connectivity index (χ0n) is 17.7. The molecule has 31 heavy (non-hydrogen) atoms. The predicted octanol–water partition coefficient (Wildman–Crippen LogP) is 4.04. The summed E-state index contributed by atoms with van der Waals surface area (Å²) < 4.78 is 3.73. The Morgan fingerprint density at radius 3 is 2.71 bits per heavy atom. The normalized spacial score (nSPS) is 12.0. The Labute approximate surface area is 185 Å². The third kappa shape index (κ3) is 4.86. The summed E-state index contributed by atoms with van der Waals surface area (Å²) in [7, 11) is 0. The number of thioether (sulfide) groups is 1. The number of aryl methyl sites for hydroxylation is 2. The van der Waals surface area contributed by atoms with Crippen molar-refractivity contribution in [2.24, 2.45) is 0 Å². The van der Waals surface area contributed by atoms with Gasteiger partial charge in [-0.15, -0.1) is 0 Å². The molecule has 2 aromatic carbocycles. The molecule has 2 heterocycles. The van der Waals surface area contributed by atoms with Crippen LogP contribution in [0.3, 0.4) is 0 Å². The zero-order valence-corrected chi connectivity index (χ0v) is 18.5. The molecule has 1 amide bonds. The summed E-state index contributed by atoms with van der Waals surface area (Å²) in [5.41, 5.74) is 5.39. The minimum absolute atomic E-state index is 0.0339. The summed E-state index contributed by atoms with van der Waals surface area (Å²) >= 11 is 1.43. The molecule has 1 N–H and O–H groups in total. The SMILES string of the molecule is Cc1ccc(C)c(-n2ccnc2SCC(=O)N[C@H](C)c2ccc(-n3cncn3)cc2)c1. The van der Waals surface area contributed by atoms with E-state index in [-0.39, 0.29) is 11.9 Å². The summed E-state index contributed by atoms with van der Waals surface area (Å²) in [6.07, 6.45) is 6.85. The van der Waals surface area contributed by atoms with Crippen molar-refractivity contribution in [1.82, 2.24) is 29.6 Å². The molecule has 158 valence electrons. The minimum atomic E-state index is -0.100. The highest BCUT2D eigenvalue weighted by molar-refractivity contribution is 7.99. The Bertz CT molecular complexity index is 1170. The van der Waals surface area contributed by atoms with E-state index in [1.807, 2.05) is 42.0 Å². The van der Waals surface area contributed by atoms with E-state index in [9.17, 15) is 4.79 Å². The van der Waals surface area contributed by atoms with Crippen LogP contribution in [0.25, 0.3) is 11.4 Å². The van der Waals surface area contributed by atoms with Crippen molar-refractivity contribution in [2.75, 3.05) is 5.75 Å². The van der Waals surface area contributed by atoms with E-state index in [2.05, 4.69) is 52.4 Å². The fourth-order valence-corrected chi connectivity index (χ4v) is 4.09. The van der Waals surface area contributed by atoms with Gasteiger partial charge in [-0.05, 0) is 55.7 Å². The zero-order chi connectivity index (χ0) is 21.8. The van der Waals surface area contributed by atoms with Gasteiger partial charge in [0.2, 0.25) is 5.91 Å². The number of nitrogens with one attached hydrogen (secondary N) is 1. The van der Waals surface area contributed by atoms with Crippen molar-refractivity contribution in [3.05, 3.63) is 84.2 Å². The van der Waals surface area contributed by atoms with Crippen LogP contribution in [-0.2, 0) is 4.79 Å². The van der Waals surface area contributed by atoms with Crippen LogP contribution < -0.4 is 5.32 Å². The number of aromatic nitrogens is 5. The summed E-state index contributed by atoms with van der Waals surface area (Å²) in [5.74, 6) is 0.261. The van der Waals surface area contributed by atoms with Gasteiger partial charge in [-0.3, -0.25) is 9.36 Å². The first-order valence-electron chi connectivity index (χ1n) is 9.99. The third-order valence-corrected chi connectivity index (χ3v) is 5.98. The Hall–Kier alpha value is -3.39. The molecule has 2 aromatic heterocycles. The second-order valence-electron chi connectivity index (χ2n) is 7.38. The summed E-state index contributed by atoms with van der Waals surface area (Å²) in [6.45, 7) is 6.12. The average Bonchev–Trinajstić information content (AvgIpc) is 3.46. The molecule has 8 heteroatoms. The first kappa shape index (κ1) is 20.9. The lowest BCUT2D eigenvalue weighted by Gasteiger charge is -2.15. The van der Waals surface area contributed by atoms with Gasteiger partial charge in [-0.1, -0.05) is 36.0 Å². The van der Waals surface area contributed by atoms with Gasteiger partial charge in [-0.25, -0.2) is 14.6 Å². The maximum Gasteiger partial charge on any atom is 0.230 e. The molecule has 0 aliphatic carbocycles. The first-order chi connectivity index (χ1) is 15.0. The highest BCUT2D eigenvalue weighted by Crippen LogP contribution is 2.24. The Morgan fingerprint density at radius 2 is 1.97 bits per heavy atom. The smallest absolute Gasteiger partial charge is 0.230 e. The number of hydrogen-bond acceptors (Lipinski definition) is 5. The second-order valence-corrected chi connectivity index (χ2v) is 8.32. The minimum Gasteiger partial charge on any atom is -0.349 e. The van der Waals surface area contributed by atoms with Crippen LogP contribution in [0.4, 0.5) is 0 Å². The summed E-state index contributed by atoms with van der Waals surface area (Å²) in [5, 5.41) is 7.98. The van der Waals surface area contributed by atoms with E-state index in [0.717, 1.165) is 27.7 Å². The van der Waals surface area contributed by atoms with E-state index >= 15 is 0 Å². The Kier molecular flexibility index (Phi) is 6.18. The summed E-state index contributed by atoms with van der Waals surface area (Å²) in [6, 6.07) is 14.1. The van der Waals surface area contributed by atoms with E-state index in [4.69, 9.17) is 0 Å². The van der Waals surface area contributed by atoms with Gasteiger partial charge in [0.15, 0.2) is 5.16 Å². The van der Waals surface area contributed by atoms with Gasteiger partial charge in [0, 0.05) is 12.4 Å². The van der Waals surface area contributed by atoms with Crippen molar-refractivity contribution in [2.45, 2.75) is 32.0 Å². The van der Waals surface area contributed by atoms with E-state index in [1.165, 1.54) is 23.7 Å². The fourth-order valence-electron chi connectivity index (χ4n) is 3.31. The van der Waals surface area contributed by atoms with E-state index in [1.54, 1.807) is 17.2 Å². The molecule has 0 bridgehead atoms. The lowest BCUT2D eigenvalue weighted by molar-refractivity contribution is -0.119. The number of amides is 1. The maximum absolute atomic E-state index is 12.6. The molecular formula is C23H24N6OS. The monoisotopic (exact) mass is 432 g/mol. The molecule has 4 rings (SSSR count). The van der Waals surface area contributed by atoms with Gasteiger partial charge in [0.05, 0.1) is 23.2 Å².